The van der Waals surface area contributed by atoms with Gasteiger partial charge in [-0.3, -0.25) is 14.7 Å². The highest BCUT2D eigenvalue weighted by Gasteiger charge is 2.38. The Hall–Kier alpha value is -2.58. The first-order valence-corrected chi connectivity index (χ1v) is 13.1. The molecule has 2 heterocycles. The van der Waals surface area contributed by atoms with Crippen molar-refractivity contribution in [3.63, 3.8) is 0 Å². The number of piperazine rings is 1. The van der Waals surface area contributed by atoms with Crippen LogP contribution in [0.2, 0.25) is 10.0 Å². The summed E-state index contributed by atoms with van der Waals surface area (Å²) in [4.78, 5) is 32.8. The number of halogens is 2. The third-order valence-corrected chi connectivity index (χ3v) is 7.35. The average molecular weight is 531 g/mol. The molecule has 1 saturated heterocycles. The van der Waals surface area contributed by atoms with Gasteiger partial charge in [0.1, 0.15) is 0 Å². The van der Waals surface area contributed by atoms with Gasteiger partial charge in [-0.1, -0.05) is 59.6 Å². The van der Waals surface area contributed by atoms with Crippen LogP contribution in [0.3, 0.4) is 0 Å². The van der Waals surface area contributed by atoms with Crippen molar-refractivity contribution < 1.29 is 14.3 Å². The van der Waals surface area contributed by atoms with Crippen LogP contribution in [0.15, 0.2) is 59.8 Å². The number of ether oxygens (including phenoxy) is 1. The van der Waals surface area contributed by atoms with Crippen molar-refractivity contribution in [2.45, 2.75) is 26.4 Å². The summed E-state index contributed by atoms with van der Waals surface area (Å²) in [6.45, 7) is 9.23. The molecule has 2 aliphatic rings. The number of nitrogens with one attached hydrogen (secondary N) is 1. The van der Waals surface area contributed by atoms with E-state index in [1.54, 1.807) is 30.0 Å². The maximum atomic E-state index is 13.3. The first kappa shape index (κ1) is 26.5. The number of carbonyl (C=O) groups excluding carboxylic acids is 2. The number of hydrogen-bond acceptors (Lipinski definition) is 5. The molecule has 7 nitrogen and oxygen atoms in total. The molecule has 0 saturated carbocycles. The fourth-order valence-corrected chi connectivity index (χ4v) is 5.07. The standard InChI is InChI=1S/C27H32Cl2N4O3/c1-3-33-23(18-32-14-12-31(13-15-32)17-19-8-6-5-7-9-19)24(26(34)36-4-2)25(30-27(33)35)20-10-11-21(28)22(29)16-20/h5-11,16,25H,3-4,12-15,17-18H2,1-2H3,(H,30,35). The van der Waals surface area contributed by atoms with Gasteiger partial charge in [0.25, 0.3) is 0 Å². The van der Waals surface area contributed by atoms with E-state index in [4.69, 9.17) is 27.9 Å². The Bertz CT molecular complexity index is 1120. The zero-order chi connectivity index (χ0) is 25.7. The average Bonchev–Trinajstić information content (AvgIpc) is 2.87. The summed E-state index contributed by atoms with van der Waals surface area (Å²) < 4.78 is 5.46. The first-order chi connectivity index (χ1) is 17.4. The molecular weight excluding hydrogens is 499 g/mol. The smallest absolute Gasteiger partial charge is 0.338 e. The van der Waals surface area contributed by atoms with Crippen LogP contribution in [0, 0.1) is 0 Å². The van der Waals surface area contributed by atoms with Gasteiger partial charge in [-0.05, 0) is 37.1 Å². The van der Waals surface area contributed by atoms with Gasteiger partial charge in [0, 0.05) is 51.5 Å². The molecule has 2 aromatic carbocycles. The molecule has 4 rings (SSSR count). The topological polar surface area (TPSA) is 65.1 Å². The minimum absolute atomic E-state index is 0.238. The van der Waals surface area contributed by atoms with Crippen LogP contribution in [0.5, 0.6) is 0 Å². The van der Waals surface area contributed by atoms with Crippen molar-refractivity contribution in [2.24, 2.45) is 0 Å². The quantitative estimate of drug-likeness (QED) is 0.500. The van der Waals surface area contributed by atoms with Crippen LogP contribution >= 0.6 is 23.2 Å². The van der Waals surface area contributed by atoms with Gasteiger partial charge in [-0.25, -0.2) is 9.59 Å². The largest absolute Gasteiger partial charge is 0.463 e. The van der Waals surface area contributed by atoms with E-state index in [0.29, 0.717) is 40.0 Å². The highest BCUT2D eigenvalue weighted by molar-refractivity contribution is 6.42. The Balaban J connectivity index is 1.60. The van der Waals surface area contributed by atoms with Crippen molar-refractivity contribution in [1.29, 1.82) is 0 Å². The van der Waals surface area contributed by atoms with Crippen molar-refractivity contribution >= 4 is 35.2 Å². The number of nitrogens with zero attached hydrogens (tertiary/aromatic N) is 3. The number of amides is 2. The normalized spacial score (nSPS) is 19.4. The summed E-state index contributed by atoms with van der Waals surface area (Å²) in [7, 11) is 0. The molecule has 2 aromatic rings. The third kappa shape index (κ3) is 6.03. The van der Waals surface area contributed by atoms with Crippen molar-refractivity contribution in [3.8, 4) is 0 Å². The van der Waals surface area contributed by atoms with E-state index in [1.165, 1.54) is 5.56 Å². The van der Waals surface area contributed by atoms with E-state index in [2.05, 4.69) is 39.4 Å². The summed E-state index contributed by atoms with van der Waals surface area (Å²) in [5.74, 6) is -0.440. The lowest BCUT2D eigenvalue weighted by Gasteiger charge is -2.40. The minimum atomic E-state index is -0.677. The highest BCUT2D eigenvalue weighted by atomic mass is 35.5. The molecular formula is C27H32Cl2N4O3. The molecule has 192 valence electrons. The summed E-state index contributed by atoms with van der Waals surface area (Å²) in [5, 5.41) is 3.74. The van der Waals surface area contributed by atoms with Gasteiger partial charge in [-0.15, -0.1) is 0 Å². The fourth-order valence-electron chi connectivity index (χ4n) is 4.76. The number of esters is 1. The predicted octanol–water partition coefficient (Wildman–Crippen LogP) is 4.71. The SMILES string of the molecule is CCOC(=O)C1=C(CN2CCN(Cc3ccccc3)CC2)N(CC)C(=O)NC1c1ccc(Cl)c(Cl)c1. The lowest BCUT2D eigenvalue weighted by atomic mass is 9.94. The number of benzene rings is 2. The molecule has 0 spiro atoms. The number of carbonyl (C=O) groups is 2. The Morgan fingerprint density at radius 2 is 1.64 bits per heavy atom. The first-order valence-electron chi connectivity index (χ1n) is 12.3. The Kier molecular flexibility index (Phi) is 8.90. The molecule has 1 N–H and O–H groups in total. The summed E-state index contributed by atoms with van der Waals surface area (Å²) in [5.41, 5.74) is 3.08. The van der Waals surface area contributed by atoms with Gasteiger partial charge < -0.3 is 10.1 Å². The second-order valence-electron chi connectivity index (χ2n) is 8.92. The lowest BCUT2D eigenvalue weighted by molar-refractivity contribution is -0.139. The van der Waals surface area contributed by atoms with Crippen molar-refractivity contribution in [1.82, 2.24) is 20.0 Å². The zero-order valence-corrected chi connectivity index (χ0v) is 22.2. The number of likely N-dealkylation sites (N-methyl/N-ethyl adjacent to an activating group) is 1. The molecule has 1 unspecified atom stereocenters. The molecule has 1 fully saturated rings. The zero-order valence-electron chi connectivity index (χ0n) is 20.7. The number of hydrogen-bond donors (Lipinski definition) is 1. The van der Waals surface area contributed by atoms with Crippen LogP contribution in [0.1, 0.15) is 31.0 Å². The summed E-state index contributed by atoms with van der Waals surface area (Å²) >= 11 is 12.4. The van der Waals surface area contributed by atoms with Gasteiger partial charge in [0.2, 0.25) is 0 Å². The van der Waals surface area contributed by atoms with Crippen LogP contribution in [-0.2, 0) is 16.1 Å². The fraction of sp³-hybridized carbons (Fsp3) is 0.407. The van der Waals surface area contributed by atoms with Crippen molar-refractivity contribution in [2.75, 3.05) is 45.9 Å². The molecule has 2 amide bonds. The Labute approximate surface area is 222 Å². The van der Waals surface area contributed by atoms with Gasteiger partial charge in [0.15, 0.2) is 0 Å². The number of urea groups is 1. The molecule has 1 atom stereocenters. The molecule has 9 heteroatoms. The third-order valence-electron chi connectivity index (χ3n) is 6.61. The molecule has 36 heavy (non-hydrogen) atoms. The van der Waals surface area contributed by atoms with E-state index >= 15 is 0 Å². The Morgan fingerprint density at radius 1 is 0.972 bits per heavy atom. The molecule has 2 aliphatic heterocycles. The summed E-state index contributed by atoms with van der Waals surface area (Å²) in [6.07, 6.45) is 0. The maximum absolute atomic E-state index is 13.3. The molecule has 0 bridgehead atoms. The minimum Gasteiger partial charge on any atom is -0.463 e. The van der Waals surface area contributed by atoms with E-state index in [0.717, 1.165) is 32.7 Å². The molecule has 0 radical (unpaired) electrons. The Morgan fingerprint density at radius 3 is 2.25 bits per heavy atom. The monoisotopic (exact) mass is 530 g/mol. The second-order valence-corrected chi connectivity index (χ2v) is 9.73. The molecule has 0 aliphatic carbocycles. The highest BCUT2D eigenvalue weighted by Crippen LogP contribution is 2.34. The maximum Gasteiger partial charge on any atom is 0.338 e. The predicted molar refractivity (Wildman–Crippen MR) is 142 cm³/mol. The van der Waals surface area contributed by atoms with E-state index in [1.807, 2.05) is 13.0 Å². The molecule has 0 aromatic heterocycles. The second kappa shape index (κ2) is 12.1. The number of rotatable bonds is 8. The van der Waals surface area contributed by atoms with Gasteiger partial charge >= 0.3 is 12.0 Å². The van der Waals surface area contributed by atoms with Crippen LogP contribution in [-0.4, -0.2) is 72.6 Å². The van der Waals surface area contributed by atoms with Crippen LogP contribution < -0.4 is 5.32 Å². The van der Waals surface area contributed by atoms with E-state index < -0.39 is 12.0 Å². The van der Waals surface area contributed by atoms with Crippen LogP contribution in [0.25, 0.3) is 0 Å². The van der Waals surface area contributed by atoms with E-state index in [-0.39, 0.29) is 12.6 Å². The summed E-state index contributed by atoms with van der Waals surface area (Å²) in [6, 6.07) is 14.7. The van der Waals surface area contributed by atoms with Gasteiger partial charge in [0.05, 0.1) is 28.3 Å². The van der Waals surface area contributed by atoms with Gasteiger partial charge in [-0.2, -0.15) is 0 Å². The van der Waals surface area contributed by atoms with Crippen LogP contribution in [0.4, 0.5) is 4.79 Å². The lowest BCUT2D eigenvalue weighted by Crippen LogP contribution is -2.53. The van der Waals surface area contributed by atoms with Crippen molar-refractivity contribution in [3.05, 3.63) is 81.0 Å². The van der Waals surface area contributed by atoms with E-state index in [9.17, 15) is 9.59 Å².